The molecule has 1 aliphatic rings. The van der Waals surface area contributed by atoms with E-state index in [0.717, 1.165) is 27.6 Å². The van der Waals surface area contributed by atoms with Gasteiger partial charge in [0.1, 0.15) is 0 Å². The van der Waals surface area contributed by atoms with Crippen LogP contribution in [0.15, 0.2) is 152 Å². The normalized spacial score (nSPS) is 13.2. The van der Waals surface area contributed by atoms with Gasteiger partial charge in [-0.15, -0.1) is 11.3 Å². The lowest BCUT2D eigenvalue weighted by Gasteiger charge is -2.22. The van der Waals surface area contributed by atoms with Crippen LogP contribution < -0.4 is 0 Å². The maximum atomic E-state index is 5.24. The summed E-state index contributed by atoms with van der Waals surface area (Å²) in [7, 11) is 0. The van der Waals surface area contributed by atoms with Crippen molar-refractivity contribution in [2.75, 3.05) is 0 Å². The molecule has 0 fully saturated rings. The summed E-state index contributed by atoms with van der Waals surface area (Å²) in [4.78, 5) is 15.5. The summed E-state index contributed by atoms with van der Waals surface area (Å²) in [6.45, 7) is 4.66. The third kappa shape index (κ3) is 4.45. The van der Waals surface area contributed by atoms with Gasteiger partial charge in [-0.2, -0.15) is 0 Å². The quantitative estimate of drug-likeness (QED) is 0.189. The highest BCUT2D eigenvalue weighted by molar-refractivity contribution is 7.26. The molecule has 0 N–H and O–H groups in total. The molecule has 1 aliphatic carbocycles. The van der Waals surface area contributed by atoms with Crippen LogP contribution in [0.25, 0.3) is 87.4 Å². The van der Waals surface area contributed by atoms with Crippen LogP contribution in [0.3, 0.4) is 0 Å². The number of hydrogen-bond acceptors (Lipinski definition) is 4. The van der Waals surface area contributed by atoms with Crippen molar-refractivity contribution in [3.63, 3.8) is 0 Å². The summed E-state index contributed by atoms with van der Waals surface area (Å²) in [5, 5.41) is 4.84. The molecule has 0 unspecified atom stereocenters. The van der Waals surface area contributed by atoms with Crippen molar-refractivity contribution in [3.8, 4) is 56.4 Å². The fraction of sp³-hybridized carbons (Fsp3) is 0.0652. The van der Waals surface area contributed by atoms with Crippen LogP contribution in [0.1, 0.15) is 25.0 Å². The zero-order valence-electron chi connectivity index (χ0n) is 27.7. The van der Waals surface area contributed by atoms with Gasteiger partial charge < -0.3 is 0 Å². The Morgan fingerprint density at radius 1 is 0.400 bits per heavy atom. The summed E-state index contributed by atoms with van der Waals surface area (Å²) in [6.07, 6.45) is 0. The van der Waals surface area contributed by atoms with Gasteiger partial charge in [0.05, 0.1) is 0 Å². The maximum Gasteiger partial charge on any atom is 0.164 e. The van der Waals surface area contributed by atoms with Crippen molar-refractivity contribution in [1.29, 1.82) is 0 Å². The standard InChI is InChI=1S/C46H31N3S/c1-46(2)39-21-10-8-18-33(39)34-24-23-30(26-40(34)46)29-15-12-16-31(25-29)44-47-43(28-13-4-3-5-14-28)48-45(49-44)38-27-37-35-19-9-11-22-41(35)50-42(37)36-20-7-6-17-32(36)38/h3-27H,1-2H3. The van der Waals surface area contributed by atoms with Crippen LogP contribution in [-0.2, 0) is 5.41 Å². The van der Waals surface area contributed by atoms with E-state index in [2.05, 4.69) is 147 Å². The zero-order chi connectivity index (χ0) is 33.4. The Bertz CT molecular complexity index is 2790. The molecule has 0 saturated heterocycles. The van der Waals surface area contributed by atoms with Crippen molar-refractivity contribution >= 4 is 42.3 Å². The van der Waals surface area contributed by atoms with Gasteiger partial charge in [-0.3, -0.25) is 0 Å². The fourth-order valence-electron chi connectivity index (χ4n) is 7.80. The first-order valence-electron chi connectivity index (χ1n) is 17.0. The van der Waals surface area contributed by atoms with E-state index in [9.17, 15) is 0 Å². The summed E-state index contributed by atoms with van der Waals surface area (Å²) in [6, 6.07) is 54.1. The van der Waals surface area contributed by atoms with Crippen LogP contribution in [0.4, 0.5) is 0 Å². The first kappa shape index (κ1) is 29.0. The first-order chi connectivity index (χ1) is 24.5. The van der Waals surface area contributed by atoms with E-state index in [-0.39, 0.29) is 5.41 Å². The Labute approximate surface area is 294 Å². The third-order valence-corrected chi connectivity index (χ3v) is 11.6. The lowest BCUT2D eigenvalue weighted by molar-refractivity contribution is 0.660. The van der Waals surface area contributed by atoms with E-state index < -0.39 is 0 Å². The van der Waals surface area contributed by atoms with Crippen molar-refractivity contribution in [2.24, 2.45) is 0 Å². The number of benzene rings is 7. The average Bonchev–Trinajstić information content (AvgIpc) is 3.67. The van der Waals surface area contributed by atoms with E-state index >= 15 is 0 Å². The molecule has 0 amide bonds. The Balaban J connectivity index is 1.16. The molecular weight excluding hydrogens is 627 g/mol. The lowest BCUT2D eigenvalue weighted by Crippen LogP contribution is -2.14. The van der Waals surface area contributed by atoms with Crippen LogP contribution in [0, 0.1) is 0 Å². The number of aromatic nitrogens is 3. The van der Waals surface area contributed by atoms with Gasteiger partial charge in [-0.25, -0.2) is 15.0 Å². The molecule has 4 heteroatoms. The van der Waals surface area contributed by atoms with Crippen LogP contribution in [-0.4, -0.2) is 15.0 Å². The second kappa shape index (κ2) is 11.0. The second-order valence-corrected chi connectivity index (χ2v) is 14.7. The molecule has 2 heterocycles. The van der Waals surface area contributed by atoms with Crippen molar-refractivity contribution in [3.05, 3.63) is 163 Å². The predicted octanol–water partition coefficient (Wildman–Crippen LogP) is 12.4. The Hall–Kier alpha value is -5.97. The van der Waals surface area contributed by atoms with Gasteiger partial charge in [0, 0.05) is 47.7 Å². The first-order valence-corrected chi connectivity index (χ1v) is 17.8. The summed E-state index contributed by atoms with van der Waals surface area (Å²) < 4.78 is 2.57. The number of rotatable bonds is 4. The topological polar surface area (TPSA) is 38.7 Å². The van der Waals surface area contributed by atoms with Gasteiger partial charge in [0.2, 0.25) is 0 Å². The number of hydrogen-bond donors (Lipinski definition) is 0. The fourth-order valence-corrected chi connectivity index (χ4v) is 9.02. The summed E-state index contributed by atoms with van der Waals surface area (Å²) >= 11 is 1.85. The van der Waals surface area contributed by atoms with Gasteiger partial charge in [0.15, 0.2) is 17.5 Å². The van der Waals surface area contributed by atoms with Gasteiger partial charge >= 0.3 is 0 Å². The lowest BCUT2D eigenvalue weighted by atomic mass is 9.81. The van der Waals surface area contributed by atoms with Gasteiger partial charge in [-0.05, 0) is 63.0 Å². The molecule has 50 heavy (non-hydrogen) atoms. The van der Waals surface area contributed by atoms with Crippen LogP contribution in [0.5, 0.6) is 0 Å². The molecule has 9 aromatic rings. The van der Waals surface area contributed by atoms with E-state index in [0.29, 0.717) is 17.5 Å². The molecule has 0 spiro atoms. The monoisotopic (exact) mass is 657 g/mol. The number of thiophene rings is 1. The molecule has 10 rings (SSSR count). The molecule has 0 bridgehead atoms. The van der Waals surface area contributed by atoms with E-state index in [1.807, 2.05) is 29.5 Å². The van der Waals surface area contributed by atoms with Crippen LogP contribution in [0.2, 0.25) is 0 Å². The molecular formula is C46H31N3S. The van der Waals surface area contributed by atoms with E-state index in [1.165, 1.54) is 53.4 Å². The van der Waals surface area contributed by atoms with Gasteiger partial charge in [-0.1, -0.05) is 141 Å². The van der Waals surface area contributed by atoms with Crippen molar-refractivity contribution < 1.29 is 0 Å². The minimum absolute atomic E-state index is 0.0646. The minimum Gasteiger partial charge on any atom is -0.208 e. The maximum absolute atomic E-state index is 5.24. The van der Waals surface area contributed by atoms with Crippen molar-refractivity contribution in [2.45, 2.75) is 19.3 Å². The zero-order valence-corrected chi connectivity index (χ0v) is 28.5. The molecule has 7 aromatic carbocycles. The molecule has 3 nitrogen and oxygen atoms in total. The Morgan fingerprint density at radius 2 is 1.02 bits per heavy atom. The van der Waals surface area contributed by atoms with E-state index in [1.54, 1.807) is 0 Å². The SMILES string of the molecule is CC1(C)c2ccccc2-c2ccc(-c3cccc(-c4nc(-c5ccccc5)nc(-c5cc6c7ccccc7sc6c6ccccc56)n4)c3)cc21. The molecule has 236 valence electrons. The predicted molar refractivity (Wildman–Crippen MR) is 210 cm³/mol. The molecule has 0 saturated carbocycles. The molecule has 0 radical (unpaired) electrons. The summed E-state index contributed by atoms with van der Waals surface area (Å²) in [5.41, 5.74) is 10.6. The Kier molecular flexibility index (Phi) is 6.39. The molecule has 0 atom stereocenters. The highest BCUT2D eigenvalue weighted by atomic mass is 32.1. The summed E-state index contributed by atoms with van der Waals surface area (Å²) in [5.74, 6) is 1.99. The largest absolute Gasteiger partial charge is 0.208 e. The second-order valence-electron chi connectivity index (χ2n) is 13.6. The Morgan fingerprint density at radius 3 is 1.88 bits per heavy atom. The smallest absolute Gasteiger partial charge is 0.164 e. The van der Waals surface area contributed by atoms with Crippen LogP contribution >= 0.6 is 11.3 Å². The average molecular weight is 658 g/mol. The number of nitrogens with zero attached hydrogens (tertiary/aromatic N) is 3. The minimum atomic E-state index is -0.0646. The van der Waals surface area contributed by atoms with Gasteiger partial charge in [0.25, 0.3) is 0 Å². The number of fused-ring (bicyclic) bond motifs is 8. The highest BCUT2D eigenvalue weighted by Crippen LogP contribution is 2.49. The van der Waals surface area contributed by atoms with E-state index in [4.69, 9.17) is 15.0 Å². The molecule has 2 aromatic heterocycles. The molecule has 0 aliphatic heterocycles. The third-order valence-electron chi connectivity index (χ3n) is 10.3. The highest BCUT2D eigenvalue weighted by Gasteiger charge is 2.35. The van der Waals surface area contributed by atoms with Crippen molar-refractivity contribution in [1.82, 2.24) is 15.0 Å².